The van der Waals surface area contributed by atoms with Gasteiger partial charge >= 0.3 is 0 Å². The van der Waals surface area contributed by atoms with E-state index in [1.54, 1.807) is 32.4 Å². The van der Waals surface area contributed by atoms with E-state index < -0.39 is 0 Å². The molecule has 9 nitrogen and oxygen atoms in total. The van der Waals surface area contributed by atoms with Crippen LogP contribution < -0.4 is 14.4 Å². The average molecular weight is 437 g/mol. The monoisotopic (exact) mass is 436 g/mol. The molecule has 9 heteroatoms. The van der Waals surface area contributed by atoms with Crippen molar-refractivity contribution < 1.29 is 14.3 Å². The minimum absolute atomic E-state index is 0.0670. The molecule has 3 heterocycles. The number of aryl methyl sites for hydroxylation is 3. The highest BCUT2D eigenvalue weighted by Gasteiger charge is 2.26. The standard InChI is InChI=1S/C23H28N6O3/c1-15-13-16(2)29(26-15)21-14-20(24-17(3)25-21)27-9-11-28(12-10-27)23(30)18-7-6-8-19(31-4)22(18)32-5/h6-8,13-14H,9-12H2,1-5H3. The summed E-state index contributed by atoms with van der Waals surface area (Å²) in [5, 5.41) is 4.54. The molecule has 0 bridgehead atoms. The Morgan fingerprint density at radius 2 is 1.66 bits per heavy atom. The number of aromatic nitrogens is 4. The molecule has 32 heavy (non-hydrogen) atoms. The van der Waals surface area contributed by atoms with E-state index in [1.165, 1.54) is 0 Å². The Bertz CT molecular complexity index is 1130. The predicted octanol–water partition coefficient (Wildman–Crippen LogP) is 2.57. The average Bonchev–Trinajstić information content (AvgIpc) is 3.15. The second-order valence-electron chi connectivity index (χ2n) is 7.79. The molecule has 0 radical (unpaired) electrons. The molecule has 1 aliphatic rings. The van der Waals surface area contributed by atoms with Crippen molar-refractivity contribution >= 4 is 11.7 Å². The third-order valence-electron chi connectivity index (χ3n) is 5.56. The Kier molecular flexibility index (Phi) is 5.98. The van der Waals surface area contributed by atoms with E-state index in [1.807, 2.05) is 42.5 Å². The molecule has 0 aliphatic carbocycles. The molecule has 0 atom stereocenters. The Labute approximate surface area is 187 Å². The van der Waals surface area contributed by atoms with Crippen LogP contribution in [0.2, 0.25) is 0 Å². The third-order valence-corrected chi connectivity index (χ3v) is 5.56. The maximum absolute atomic E-state index is 13.2. The van der Waals surface area contributed by atoms with Crippen molar-refractivity contribution in [2.45, 2.75) is 20.8 Å². The number of hydrogen-bond acceptors (Lipinski definition) is 7. The van der Waals surface area contributed by atoms with Gasteiger partial charge in [-0.1, -0.05) is 6.07 Å². The van der Waals surface area contributed by atoms with E-state index in [2.05, 4.69) is 20.0 Å². The van der Waals surface area contributed by atoms with Gasteiger partial charge < -0.3 is 19.3 Å². The molecule has 1 aromatic carbocycles. The van der Waals surface area contributed by atoms with Crippen LogP contribution in [-0.2, 0) is 0 Å². The van der Waals surface area contributed by atoms with Gasteiger partial charge in [-0.15, -0.1) is 0 Å². The largest absolute Gasteiger partial charge is 0.493 e. The summed E-state index contributed by atoms with van der Waals surface area (Å²) in [4.78, 5) is 26.4. The molecule has 1 fully saturated rings. The zero-order chi connectivity index (χ0) is 22.8. The Morgan fingerprint density at radius 3 is 2.28 bits per heavy atom. The van der Waals surface area contributed by atoms with Gasteiger partial charge in [0.1, 0.15) is 11.6 Å². The molecule has 0 spiro atoms. The number of para-hydroxylation sites is 1. The number of anilines is 1. The van der Waals surface area contributed by atoms with Crippen LogP contribution in [0.4, 0.5) is 5.82 Å². The van der Waals surface area contributed by atoms with Crippen LogP contribution in [-0.4, -0.2) is 71.0 Å². The quantitative estimate of drug-likeness (QED) is 0.608. The number of rotatable bonds is 5. The lowest BCUT2D eigenvalue weighted by Gasteiger charge is -2.35. The first-order valence-electron chi connectivity index (χ1n) is 10.6. The number of nitrogens with zero attached hydrogens (tertiary/aromatic N) is 6. The van der Waals surface area contributed by atoms with E-state index in [0.29, 0.717) is 49.1 Å². The van der Waals surface area contributed by atoms with Gasteiger partial charge in [0.25, 0.3) is 5.91 Å². The lowest BCUT2D eigenvalue weighted by molar-refractivity contribution is 0.0742. The number of carbonyl (C=O) groups is 1. The van der Waals surface area contributed by atoms with Crippen molar-refractivity contribution in [3.8, 4) is 17.3 Å². The second-order valence-corrected chi connectivity index (χ2v) is 7.79. The van der Waals surface area contributed by atoms with Crippen LogP contribution in [0.1, 0.15) is 27.6 Å². The first-order valence-corrected chi connectivity index (χ1v) is 10.6. The summed E-state index contributed by atoms with van der Waals surface area (Å²) in [6, 6.07) is 9.33. The third kappa shape index (κ3) is 4.10. The van der Waals surface area contributed by atoms with Crippen LogP contribution in [0.15, 0.2) is 30.3 Å². The van der Waals surface area contributed by atoms with E-state index in [0.717, 1.165) is 23.0 Å². The van der Waals surface area contributed by atoms with Crippen molar-refractivity contribution in [3.05, 3.63) is 53.1 Å². The summed E-state index contributed by atoms with van der Waals surface area (Å²) in [5.41, 5.74) is 2.47. The molecule has 168 valence electrons. The highest BCUT2D eigenvalue weighted by Crippen LogP contribution is 2.32. The van der Waals surface area contributed by atoms with Gasteiger partial charge in [0, 0.05) is 37.9 Å². The van der Waals surface area contributed by atoms with Crippen LogP contribution in [0.25, 0.3) is 5.82 Å². The van der Waals surface area contributed by atoms with Gasteiger partial charge in [0.05, 0.1) is 25.5 Å². The first kappa shape index (κ1) is 21.6. The van der Waals surface area contributed by atoms with E-state index >= 15 is 0 Å². The van der Waals surface area contributed by atoms with Gasteiger partial charge in [0.15, 0.2) is 17.3 Å². The van der Waals surface area contributed by atoms with Crippen molar-refractivity contribution in [1.82, 2.24) is 24.6 Å². The first-order chi connectivity index (χ1) is 15.4. The molecular formula is C23H28N6O3. The van der Waals surface area contributed by atoms with E-state index in [9.17, 15) is 4.79 Å². The molecular weight excluding hydrogens is 408 g/mol. The molecule has 2 aromatic heterocycles. The van der Waals surface area contributed by atoms with Crippen molar-refractivity contribution in [3.63, 3.8) is 0 Å². The molecule has 1 aliphatic heterocycles. The van der Waals surface area contributed by atoms with Gasteiger partial charge in [-0.25, -0.2) is 14.6 Å². The fourth-order valence-corrected chi connectivity index (χ4v) is 4.03. The van der Waals surface area contributed by atoms with Gasteiger partial charge in [0.2, 0.25) is 0 Å². The SMILES string of the molecule is COc1cccc(C(=O)N2CCN(c3cc(-n4nc(C)cc4C)nc(C)n3)CC2)c1OC. The summed E-state index contributed by atoms with van der Waals surface area (Å²) in [5.74, 6) is 3.21. The van der Waals surface area contributed by atoms with Crippen LogP contribution in [0.5, 0.6) is 11.5 Å². The van der Waals surface area contributed by atoms with Gasteiger partial charge in [-0.2, -0.15) is 5.10 Å². The Hall–Kier alpha value is -3.62. The normalized spacial score (nSPS) is 13.9. The number of ether oxygens (including phenoxy) is 2. The predicted molar refractivity (Wildman–Crippen MR) is 121 cm³/mol. The van der Waals surface area contributed by atoms with Crippen LogP contribution >= 0.6 is 0 Å². The highest BCUT2D eigenvalue weighted by atomic mass is 16.5. The maximum atomic E-state index is 13.2. The summed E-state index contributed by atoms with van der Waals surface area (Å²) >= 11 is 0. The van der Waals surface area contributed by atoms with E-state index in [4.69, 9.17) is 9.47 Å². The Balaban J connectivity index is 1.51. The van der Waals surface area contributed by atoms with Gasteiger partial charge in [-0.3, -0.25) is 4.79 Å². The molecule has 4 rings (SSSR count). The topological polar surface area (TPSA) is 85.6 Å². The number of amides is 1. The van der Waals surface area contributed by atoms with Crippen molar-refractivity contribution in [1.29, 1.82) is 0 Å². The molecule has 1 amide bonds. The number of hydrogen-bond donors (Lipinski definition) is 0. The molecule has 0 unspecified atom stereocenters. The van der Waals surface area contributed by atoms with Crippen LogP contribution in [0.3, 0.4) is 0 Å². The number of carbonyl (C=O) groups excluding carboxylic acids is 1. The summed E-state index contributed by atoms with van der Waals surface area (Å²) in [6.07, 6.45) is 0. The number of benzene rings is 1. The summed E-state index contributed by atoms with van der Waals surface area (Å²) in [6.45, 7) is 8.36. The molecule has 0 saturated carbocycles. The summed E-state index contributed by atoms with van der Waals surface area (Å²) < 4.78 is 12.6. The van der Waals surface area contributed by atoms with Crippen molar-refractivity contribution in [2.24, 2.45) is 0 Å². The maximum Gasteiger partial charge on any atom is 0.257 e. The second kappa shape index (κ2) is 8.86. The molecule has 0 N–H and O–H groups in total. The smallest absolute Gasteiger partial charge is 0.257 e. The minimum Gasteiger partial charge on any atom is -0.493 e. The fourth-order valence-electron chi connectivity index (χ4n) is 4.03. The Morgan fingerprint density at radius 1 is 0.938 bits per heavy atom. The zero-order valence-corrected chi connectivity index (χ0v) is 19.1. The molecule has 3 aromatic rings. The minimum atomic E-state index is -0.0670. The number of piperazine rings is 1. The molecule has 1 saturated heterocycles. The zero-order valence-electron chi connectivity index (χ0n) is 19.1. The fraction of sp³-hybridized carbons (Fsp3) is 0.391. The lowest BCUT2D eigenvalue weighted by Crippen LogP contribution is -2.49. The van der Waals surface area contributed by atoms with Crippen molar-refractivity contribution in [2.75, 3.05) is 45.3 Å². The van der Waals surface area contributed by atoms with Crippen LogP contribution in [0, 0.1) is 20.8 Å². The highest BCUT2D eigenvalue weighted by molar-refractivity contribution is 5.98. The summed E-state index contributed by atoms with van der Waals surface area (Å²) in [7, 11) is 3.11. The lowest BCUT2D eigenvalue weighted by atomic mass is 10.1. The van der Waals surface area contributed by atoms with E-state index in [-0.39, 0.29) is 5.91 Å². The van der Waals surface area contributed by atoms with Gasteiger partial charge in [-0.05, 0) is 39.0 Å². The number of methoxy groups -OCH3 is 2.